The van der Waals surface area contributed by atoms with Crippen molar-refractivity contribution in [2.75, 3.05) is 11.6 Å². The number of carbonyl (C=O) groups excluding carboxylic acids is 1. The van der Waals surface area contributed by atoms with Gasteiger partial charge in [0.2, 0.25) is 10.0 Å². The lowest BCUT2D eigenvalue weighted by Gasteiger charge is -2.57. The zero-order valence-corrected chi connectivity index (χ0v) is 20.0. The van der Waals surface area contributed by atoms with Crippen LogP contribution in [0.5, 0.6) is 0 Å². The van der Waals surface area contributed by atoms with Crippen molar-refractivity contribution in [3.8, 4) is 0 Å². The number of sulfonamides is 2. The van der Waals surface area contributed by atoms with Gasteiger partial charge in [-0.3, -0.25) is 4.79 Å². The van der Waals surface area contributed by atoms with E-state index in [-0.39, 0.29) is 56.9 Å². The molecule has 0 spiro atoms. The molecule has 174 valence electrons. The lowest BCUT2D eigenvalue weighted by molar-refractivity contribution is -0.126. The minimum absolute atomic E-state index is 0.105. The maximum Gasteiger partial charge on any atom is 0.287 e. The largest absolute Gasteiger partial charge is 0.511 e. The van der Waals surface area contributed by atoms with Gasteiger partial charge in [0.15, 0.2) is 5.84 Å². The predicted molar refractivity (Wildman–Crippen MR) is 119 cm³/mol. The van der Waals surface area contributed by atoms with Crippen molar-refractivity contribution < 1.29 is 26.7 Å². The van der Waals surface area contributed by atoms with Gasteiger partial charge in [-0.05, 0) is 49.8 Å². The highest BCUT2D eigenvalue weighted by atomic mass is 32.2. The number of nitrogens with zero attached hydrogens (tertiary/aromatic N) is 1. The fourth-order valence-corrected chi connectivity index (χ4v) is 8.80. The van der Waals surface area contributed by atoms with Gasteiger partial charge >= 0.3 is 0 Å². The summed E-state index contributed by atoms with van der Waals surface area (Å²) in [7, 11) is -7.74. The van der Waals surface area contributed by atoms with Gasteiger partial charge < -0.3 is 15.7 Å². The maximum atomic E-state index is 13.1. The fourth-order valence-electron chi connectivity index (χ4n) is 5.78. The third-order valence-electron chi connectivity index (χ3n) is 7.18. The number of aliphatic hydroxyl groups excluding tert-OH is 1. The molecule has 1 amide bonds. The summed E-state index contributed by atoms with van der Waals surface area (Å²) in [6.45, 7) is 1.76. The Morgan fingerprint density at radius 1 is 1.31 bits per heavy atom. The molecule has 5 aliphatic rings. The third kappa shape index (κ3) is 3.28. The number of anilines is 1. The average molecular weight is 501 g/mol. The molecule has 3 aliphatic carbocycles. The maximum absolute atomic E-state index is 13.1. The van der Waals surface area contributed by atoms with Crippen LogP contribution >= 0.6 is 11.3 Å². The van der Waals surface area contributed by atoms with Gasteiger partial charge in [0, 0.05) is 18.0 Å². The number of fused-ring (bicyclic) bond motifs is 3. The first-order valence-electron chi connectivity index (χ1n) is 10.3. The lowest BCUT2D eigenvalue weighted by atomic mass is 9.53. The first kappa shape index (κ1) is 21.9. The van der Waals surface area contributed by atoms with Crippen molar-refractivity contribution in [3.63, 3.8) is 0 Å². The van der Waals surface area contributed by atoms with Crippen LogP contribution < -0.4 is 15.4 Å². The summed E-state index contributed by atoms with van der Waals surface area (Å²) < 4.78 is 54.9. The average Bonchev–Trinajstić information content (AvgIpc) is 3.09. The van der Waals surface area contributed by atoms with Gasteiger partial charge in [-0.1, -0.05) is 0 Å². The van der Waals surface area contributed by atoms with Gasteiger partial charge in [-0.25, -0.2) is 13.1 Å². The number of amides is 1. The van der Waals surface area contributed by atoms with E-state index in [4.69, 9.17) is 0 Å². The number of aliphatic hydroxyl groups is 1. The first-order valence-corrected chi connectivity index (χ1v) is 14.5. The minimum atomic E-state index is -4.22. The van der Waals surface area contributed by atoms with Crippen LogP contribution in [-0.4, -0.2) is 45.5 Å². The molecule has 13 heteroatoms. The standard InChI is InChI=1S/C19H24N4O6S3/c1-19-11-5-3-9(4-6-11)13(19)14(24)12(17(25)22-19)16-21-18-15(32(28,29)23-16)10(8-30-18)7-20-31(2,26)27/h8-9,11,13,20,24H,3-7H2,1-2H3,(H,21,23)(H,22,25)/t9?,11?,13-,19-/m0/s1. The highest BCUT2D eigenvalue weighted by molar-refractivity contribution is 7.91. The van der Waals surface area contributed by atoms with E-state index in [1.807, 2.05) is 6.92 Å². The topological polar surface area (TPSA) is 154 Å². The zero-order chi connectivity index (χ0) is 23.1. The molecular weight excluding hydrogens is 476 g/mol. The van der Waals surface area contributed by atoms with Gasteiger partial charge in [-0.2, -0.15) is 8.42 Å². The second-order valence-corrected chi connectivity index (χ2v) is 13.4. The van der Waals surface area contributed by atoms with Crippen molar-refractivity contribution >= 4 is 48.1 Å². The highest BCUT2D eigenvalue weighted by Crippen LogP contribution is 2.55. The van der Waals surface area contributed by atoms with E-state index in [1.54, 1.807) is 0 Å². The second kappa shape index (κ2) is 7.02. The molecule has 1 aromatic rings. The number of hydrogen-bond donors (Lipinski definition) is 4. The Bertz CT molecular complexity index is 1290. The summed E-state index contributed by atoms with van der Waals surface area (Å²) in [4.78, 5) is 12.9. The quantitative estimate of drug-likeness (QED) is 0.488. The molecule has 4 N–H and O–H groups in total. The molecule has 0 unspecified atom stereocenters. The lowest BCUT2D eigenvalue weighted by Crippen LogP contribution is -2.66. The molecule has 2 bridgehead atoms. The van der Waals surface area contributed by atoms with Crippen LogP contribution in [0.3, 0.4) is 0 Å². The molecular formula is C19H24N4O6S3. The number of rotatable bonds is 4. The summed E-state index contributed by atoms with van der Waals surface area (Å²) in [6, 6.07) is 0. The molecule has 0 aromatic carbocycles. The van der Waals surface area contributed by atoms with E-state index in [2.05, 4.69) is 19.8 Å². The van der Waals surface area contributed by atoms with Crippen LogP contribution in [0.4, 0.5) is 5.00 Å². The smallest absolute Gasteiger partial charge is 0.287 e. The highest BCUT2D eigenvalue weighted by Gasteiger charge is 2.58. The number of amidine groups is 1. The Hall–Kier alpha value is -1.96. The van der Waals surface area contributed by atoms with Crippen molar-refractivity contribution in [2.24, 2.45) is 22.2 Å². The van der Waals surface area contributed by atoms with Crippen LogP contribution in [0.1, 0.15) is 38.2 Å². The minimum Gasteiger partial charge on any atom is -0.511 e. The zero-order valence-electron chi connectivity index (χ0n) is 17.5. The second-order valence-electron chi connectivity index (χ2n) is 9.14. The van der Waals surface area contributed by atoms with Gasteiger partial charge in [-0.15, -0.1) is 15.7 Å². The van der Waals surface area contributed by atoms with Crippen molar-refractivity contribution in [2.45, 2.75) is 49.6 Å². The van der Waals surface area contributed by atoms with E-state index in [0.29, 0.717) is 0 Å². The first-order chi connectivity index (χ1) is 14.9. The molecule has 10 nitrogen and oxygen atoms in total. The van der Waals surface area contributed by atoms with Crippen LogP contribution in [0.25, 0.3) is 0 Å². The molecule has 32 heavy (non-hydrogen) atoms. The normalized spacial score (nSPS) is 33.1. The Morgan fingerprint density at radius 3 is 2.66 bits per heavy atom. The van der Waals surface area contributed by atoms with Gasteiger partial charge in [0.05, 0.1) is 11.8 Å². The summed E-state index contributed by atoms with van der Waals surface area (Å²) in [5.74, 6) is -0.661. The van der Waals surface area contributed by atoms with Crippen LogP contribution in [-0.2, 0) is 31.4 Å². The monoisotopic (exact) mass is 500 g/mol. The third-order valence-corrected chi connectivity index (χ3v) is 10.3. The Labute approximate surface area is 190 Å². The molecule has 2 atom stereocenters. The van der Waals surface area contributed by atoms with Crippen molar-refractivity contribution in [1.82, 2.24) is 10.0 Å². The summed E-state index contributed by atoms with van der Waals surface area (Å²) in [6.07, 6.45) is 4.90. The Morgan fingerprint density at radius 2 is 2.00 bits per heavy atom. The van der Waals surface area contributed by atoms with Crippen LogP contribution in [0.2, 0.25) is 0 Å². The van der Waals surface area contributed by atoms with Crippen LogP contribution in [0, 0.1) is 17.8 Å². The summed E-state index contributed by atoms with van der Waals surface area (Å²) >= 11 is 1.07. The van der Waals surface area contributed by atoms with Crippen LogP contribution in [0.15, 0.2) is 26.0 Å². The Kier molecular flexibility index (Phi) is 4.79. The molecule has 0 saturated heterocycles. The van der Waals surface area contributed by atoms with Crippen molar-refractivity contribution in [3.05, 3.63) is 22.3 Å². The molecule has 1 aromatic heterocycles. The SMILES string of the molecule is C[C@@]12NC(=O)C(C3=NS(=O)(=O)c4c(CNS(C)(=O)=O)csc4N3)=C(O)[C@@H]1C1CCC2CC1. The summed E-state index contributed by atoms with van der Waals surface area (Å²) in [5, 5.41) is 18.9. The van der Waals surface area contributed by atoms with E-state index in [9.17, 15) is 26.7 Å². The van der Waals surface area contributed by atoms with E-state index < -0.39 is 31.5 Å². The number of hydrogen-bond acceptors (Lipinski definition) is 8. The fraction of sp³-hybridized carbons (Fsp3) is 0.579. The molecule has 2 aliphatic heterocycles. The van der Waals surface area contributed by atoms with E-state index >= 15 is 0 Å². The molecule has 3 saturated carbocycles. The molecule has 0 radical (unpaired) electrons. The molecule has 3 heterocycles. The van der Waals surface area contributed by atoms with Crippen molar-refractivity contribution in [1.29, 1.82) is 0 Å². The number of nitrogens with one attached hydrogen (secondary N) is 3. The van der Waals surface area contributed by atoms with E-state index in [1.165, 1.54) is 5.38 Å². The predicted octanol–water partition coefficient (Wildman–Crippen LogP) is 1.45. The molecule has 6 rings (SSSR count). The number of carbonyl (C=O) groups is 1. The number of thiophene rings is 1. The van der Waals surface area contributed by atoms with Gasteiger partial charge in [0.1, 0.15) is 21.2 Å². The molecule has 3 fully saturated rings. The van der Waals surface area contributed by atoms with E-state index in [0.717, 1.165) is 43.3 Å². The Balaban J connectivity index is 1.54. The summed E-state index contributed by atoms with van der Waals surface area (Å²) in [5.41, 5.74) is -0.439. The van der Waals surface area contributed by atoms with Gasteiger partial charge in [0.25, 0.3) is 15.9 Å².